The summed E-state index contributed by atoms with van der Waals surface area (Å²) >= 11 is 1.54. The number of anilines is 1. The van der Waals surface area contributed by atoms with Crippen LogP contribution in [-0.4, -0.2) is 36.7 Å². The Balaban J connectivity index is 1.45. The molecule has 0 saturated carbocycles. The molecule has 1 fully saturated rings. The number of rotatable bonds is 4. The summed E-state index contributed by atoms with van der Waals surface area (Å²) in [6, 6.07) is 6.20. The van der Waals surface area contributed by atoms with Crippen LogP contribution in [0.15, 0.2) is 29.2 Å². The second-order valence-electron chi connectivity index (χ2n) is 8.33. The summed E-state index contributed by atoms with van der Waals surface area (Å²) in [7, 11) is -3.51. The van der Waals surface area contributed by atoms with Crippen molar-refractivity contribution in [3.63, 3.8) is 0 Å². The molecule has 2 aliphatic rings. The summed E-state index contributed by atoms with van der Waals surface area (Å²) in [5, 5.41) is 3.48. The average Bonchev–Trinajstić information content (AvgIpc) is 3.09. The van der Waals surface area contributed by atoms with Gasteiger partial charge in [0.1, 0.15) is 0 Å². The fourth-order valence-electron chi connectivity index (χ4n) is 4.05. The van der Waals surface area contributed by atoms with E-state index in [9.17, 15) is 13.2 Å². The Morgan fingerprint density at radius 1 is 1.17 bits per heavy atom. The molecule has 2 unspecified atom stereocenters. The van der Waals surface area contributed by atoms with Crippen molar-refractivity contribution < 1.29 is 13.2 Å². The van der Waals surface area contributed by atoms with E-state index in [2.05, 4.69) is 24.1 Å². The average molecular weight is 434 g/mol. The normalized spacial score (nSPS) is 22.8. The van der Waals surface area contributed by atoms with E-state index in [0.29, 0.717) is 35.6 Å². The fraction of sp³-hybridized carbons (Fsp3) is 0.524. The molecule has 2 aromatic rings. The number of piperidine rings is 1. The Bertz CT molecular complexity index is 999. The van der Waals surface area contributed by atoms with Gasteiger partial charge in [0, 0.05) is 23.5 Å². The molecule has 1 aliphatic heterocycles. The third-order valence-electron chi connectivity index (χ3n) is 5.78. The number of fused-ring (bicyclic) bond motifs is 1. The molecule has 1 aromatic carbocycles. The molecule has 0 spiro atoms. The summed E-state index contributed by atoms with van der Waals surface area (Å²) in [6.07, 6.45) is 5.06. The van der Waals surface area contributed by atoms with Crippen LogP contribution in [-0.2, 0) is 22.9 Å². The van der Waals surface area contributed by atoms with Crippen LogP contribution in [0.4, 0.5) is 5.13 Å². The van der Waals surface area contributed by atoms with Crippen molar-refractivity contribution in [3.8, 4) is 0 Å². The molecule has 1 amide bonds. The molecule has 0 radical (unpaired) electrons. The first-order valence-corrected chi connectivity index (χ1v) is 12.5. The van der Waals surface area contributed by atoms with E-state index in [1.54, 1.807) is 27.8 Å². The highest BCUT2D eigenvalue weighted by Gasteiger charge is 2.28. The minimum absolute atomic E-state index is 0.238. The summed E-state index contributed by atoms with van der Waals surface area (Å²) in [4.78, 5) is 18.7. The van der Waals surface area contributed by atoms with Crippen LogP contribution in [0.25, 0.3) is 0 Å². The van der Waals surface area contributed by atoms with Gasteiger partial charge in [-0.05, 0) is 68.2 Å². The van der Waals surface area contributed by atoms with Crippen LogP contribution >= 0.6 is 11.3 Å². The van der Waals surface area contributed by atoms with E-state index in [1.165, 1.54) is 17.0 Å². The zero-order valence-corrected chi connectivity index (χ0v) is 18.5. The summed E-state index contributed by atoms with van der Waals surface area (Å²) in [5.41, 5.74) is 1.53. The fourth-order valence-corrected chi connectivity index (χ4v) is 6.82. The Morgan fingerprint density at radius 2 is 1.93 bits per heavy atom. The summed E-state index contributed by atoms with van der Waals surface area (Å²) < 4.78 is 27.3. The number of benzene rings is 1. The predicted molar refractivity (Wildman–Crippen MR) is 115 cm³/mol. The minimum atomic E-state index is -3.51. The topological polar surface area (TPSA) is 79.4 Å². The molecular formula is C21H27N3O3S2. The van der Waals surface area contributed by atoms with Crippen molar-refractivity contribution in [2.45, 2.75) is 50.8 Å². The highest BCUT2D eigenvalue weighted by atomic mass is 32.2. The van der Waals surface area contributed by atoms with Crippen LogP contribution in [0.5, 0.6) is 0 Å². The first-order valence-electron chi connectivity index (χ1n) is 10.2. The van der Waals surface area contributed by atoms with Gasteiger partial charge in [-0.2, -0.15) is 4.31 Å². The zero-order valence-electron chi connectivity index (χ0n) is 16.8. The van der Waals surface area contributed by atoms with Crippen molar-refractivity contribution in [3.05, 3.63) is 40.4 Å². The van der Waals surface area contributed by atoms with Crippen LogP contribution in [0.1, 0.15) is 54.0 Å². The second-order valence-corrected chi connectivity index (χ2v) is 11.3. The lowest BCUT2D eigenvalue weighted by Crippen LogP contribution is -2.39. The zero-order chi connectivity index (χ0) is 20.6. The lowest BCUT2D eigenvalue weighted by atomic mass is 9.93. The molecule has 1 saturated heterocycles. The quantitative estimate of drug-likeness (QED) is 0.792. The molecule has 0 bridgehead atoms. The van der Waals surface area contributed by atoms with Gasteiger partial charge in [-0.25, -0.2) is 13.4 Å². The van der Waals surface area contributed by atoms with Crippen LogP contribution < -0.4 is 5.32 Å². The number of thiazole rings is 1. The molecular weight excluding hydrogens is 406 g/mol. The van der Waals surface area contributed by atoms with Gasteiger partial charge in [0.2, 0.25) is 10.0 Å². The number of amides is 1. The highest BCUT2D eigenvalue weighted by Crippen LogP contribution is 2.32. The highest BCUT2D eigenvalue weighted by molar-refractivity contribution is 7.89. The third-order valence-corrected chi connectivity index (χ3v) is 8.70. The summed E-state index contributed by atoms with van der Waals surface area (Å²) in [6.45, 7) is 5.42. The van der Waals surface area contributed by atoms with E-state index < -0.39 is 10.0 Å². The van der Waals surface area contributed by atoms with Crippen LogP contribution in [0.3, 0.4) is 0 Å². The van der Waals surface area contributed by atoms with Gasteiger partial charge in [0.05, 0.1) is 10.6 Å². The van der Waals surface area contributed by atoms with E-state index >= 15 is 0 Å². The predicted octanol–water partition coefficient (Wildman–Crippen LogP) is 3.94. The maximum Gasteiger partial charge on any atom is 0.257 e. The first-order chi connectivity index (χ1) is 13.8. The van der Waals surface area contributed by atoms with Crippen molar-refractivity contribution in [1.82, 2.24) is 9.29 Å². The van der Waals surface area contributed by atoms with Gasteiger partial charge in [0.25, 0.3) is 5.91 Å². The van der Waals surface area contributed by atoms with Gasteiger partial charge in [-0.3, -0.25) is 10.1 Å². The summed E-state index contributed by atoms with van der Waals surface area (Å²) in [5.74, 6) is 0.763. The van der Waals surface area contributed by atoms with E-state index in [1.807, 2.05) is 0 Å². The molecule has 1 N–H and O–H groups in total. The number of carbonyl (C=O) groups is 1. The number of hydrogen-bond donors (Lipinski definition) is 1. The SMILES string of the molecule is CC1CCc2nc(NC(=O)c3ccc(S(=O)(=O)N4CCCC(C)C4)cc3)sc2C1. The Labute approximate surface area is 176 Å². The number of carbonyl (C=O) groups excluding carboxylic acids is 1. The number of sulfonamides is 1. The molecule has 1 aromatic heterocycles. The van der Waals surface area contributed by atoms with Gasteiger partial charge < -0.3 is 0 Å². The van der Waals surface area contributed by atoms with Crippen molar-refractivity contribution in [1.29, 1.82) is 0 Å². The van der Waals surface area contributed by atoms with Crippen molar-refractivity contribution in [2.75, 3.05) is 18.4 Å². The third kappa shape index (κ3) is 4.39. The molecule has 29 heavy (non-hydrogen) atoms. The maximum absolute atomic E-state index is 12.9. The van der Waals surface area contributed by atoms with E-state index in [0.717, 1.165) is 37.8 Å². The molecule has 2 atom stereocenters. The maximum atomic E-state index is 12.9. The first kappa shape index (κ1) is 20.5. The minimum Gasteiger partial charge on any atom is -0.298 e. The molecule has 156 valence electrons. The van der Waals surface area contributed by atoms with Crippen molar-refractivity contribution >= 4 is 32.4 Å². The van der Waals surface area contributed by atoms with Gasteiger partial charge in [-0.15, -0.1) is 11.3 Å². The van der Waals surface area contributed by atoms with E-state index in [4.69, 9.17) is 0 Å². The second kappa shape index (κ2) is 8.16. The molecule has 2 heterocycles. The lowest BCUT2D eigenvalue weighted by Gasteiger charge is -2.30. The number of nitrogens with zero attached hydrogens (tertiary/aromatic N) is 2. The lowest BCUT2D eigenvalue weighted by molar-refractivity contribution is 0.102. The Kier molecular flexibility index (Phi) is 5.77. The molecule has 6 nitrogen and oxygen atoms in total. The standard InChI is InChI=1S/C21H27N3O3S2/c1-14-5-10-18-19(12-14)28-21(22-18)23-20(25)16-6-8-17(9-7-16)29(26,27)24-11-3-4-15(2)13-24/h6-9,14-15H,3-5,10-13H2,1-2H3,(H,22,23,25). The number of aromatic nitrogens is 1. The molecule has 1 aliphatic carbocycles. The van der Waals surface area contributed by atoms with Gasteiger partial charge in [-0.1, -0.05) is 13.8 Å². The van der Waals surface area contributed by atoms with Crippen LogP contribution in [0.2, 0.25) is 0 Å². The number of hydrogen-bond acceptors (Lipinski definition) is 5. The molecule has 4 rings (SSSR count). The largest absolute Gasteiger partial charge is 0.298 e. The van der Waals surface area contributed by atoms with Crippen LogP contribution in [0, 0.1) is 11.8 Å². The Hall–Kier alpha value is -1.77. The molecule has 8 heteroatoms. The van der Waals surface area contributed by atoms with Gasteiger partial charge in [0.15, 0.2) is 5.13 Å². The number of aryl methyl sites for hydroxylation is 1. The smallest absolute Gasteiger partial charge is 0.257 e. The van der Waals surface area contributed by atoms with Crippen molar-refractivity contribution in [2.24, 2.45) is 11.8 Å². The van der Waals surface area contributed by atoms with E-state index in [-0.39, 0.29) is 10.8 Å². The van der Waals surface area contributed by atoms with Gasteiger partial charge >= 0.3 is 0 Å². The monoisotopic (exact) mass is 433 g/mol. The Morgan fingerprint density at radius 3 is 2.66 bits per heavy atom. The number of nitrogens with one attached hydrogen (secondary N) is 1.